The van der Waals surface area contributed by atoms with E-state index in [0.29, 0.717) is 0 Å². The molecule has 2 aromatic rings. The molecule has 2 rings (SSSR count). The number of carbonyl (C=O) groups excluding carboxylic acids is 1. The van der Waals surface area contributed by atoms with E-state index in [1.807, 2.05) is 0 Å². The maximum Gasteiger partial charge on any atom is 0.416 e. The molecule has 2 aromatic carbocycles. The molecule has 8 heteroatoms. The number of phenols is 1. The number of anilines is 1. The lowest BCUT2D eigenvalue weighted by Crippen LogP contribution is -2.14. The Balaban J connectivity index is 2.23. The second kappa shape index (κ2) is 7.61. The van der Waals surface area contributed by atoms with E-state index in [2.05, 4.69) is 5.32 Å². The molecule has 0 aliphatic rings. The summed E-state index contributed by atoms with van der Waals surface area (Å²) in [6, 6.07) is 10.0. The van der Waals surface area contributed by atoms with E-state index in [1.54, 1.807) is 12.1 Å². The molecule has 0 unspecified atom stereocenters. The lowest BCUT2D eigenvalue weighted by molar-refractivity contribution is -0.137. The predicted molar refractivity (Wildman–Crippen MR) is 88.3 cm³/mol. The normalized spacial score (nSPS) is 11.6. The van der Waals surface area contributed by atoms with Gasteiger partial charge in [0, 0.05) is 11.3 Å². The average molecular weight is 362 g/mol. The molecule has 134 valence electrons. The van der Waals surface area contributed by atoms with Crippen molar-refractivity contribution in [2.45, 2.75) is 6.18 Å². The number of alkyl halides is 3. The number of aromatic hydroxyl groups is 1. The zero-order chi connectivity index (χ0) is 19.3. The van der Waals surface area contributed by atoms with Gasteiger partial charge in [0.15, 0.2) is 11.5 Å². The van der Waals surface area contributed by atoms with E-state index in [1.165, 1.54) is 19.2 Å². The number of ether oxygens (including phenoxy) is 1. The van der Waals surface area contributed by atoms with Gasteiger partial charge in [0.05, 0.1) is 12.7 Å². The van der Waals surface area contributed by atoms with Gasteiger partial charge in [0.25, 0.3) is 5.91 Å². The maximum atomic E-state index is 12.5. The first-order chi connectivity index (χ1) is 12.3. The first-order valence-electron chi connectivity index (χ1n) is 7.22. The van der Waals surface area contributed by atoms with Crippen LogP contribution in [0.2, 0.25) is 0 Å². The van der Waals surface area contributed by atoms with Gasteiger partial charge in [-0.1, -0.05) is 12.1 Å². The molecule has 0 fully saturated rings. The number of hydrogen-bond donors (Lipinski definition) is 2. The summed E-state index contributed by atoms with van der Waals surface area (Å²) < 4.78 is 42.5. The van der Waals surface area contributed by atoms with Crippen LogP contribution in [0.3, 0.4) is 0 Å². The molecule has 1 amide bonds. The molecule has 0 radical (unpaired) electrons. The molecule has 0 saturated carbocycles. The predicted octanol–water partition coefficient (Wildman–Crippen LogP) is 3.97. The van der Waals surface area contributed by atoms with Crippen LogP contribution < -0.4 is 10.1 Å². The fourth-order valence-electron chi connectivity index (χ4n) is 2.07. The summed E-state index contributed by atoms with van der Waals surface area (Å²) in [6.07, 6.45) is -3.33. The highest BCUT2D eigenvalue weighted by Crippen LogP contribution is 2.31. The van der Waals surface area contributed by atoms with Crippen molar-refractivity contribution in [1.29, 1.82) is 5.26 Å². The lowest BCUT2D eigenvalue weighted by atomic mass is 10.1. The van der Waals surface area contributed by atoms with Crippen LogP contribution in [-0.4, -0.2) is 18.1 Å². The van der Waals surface area contributed by atoms with E-state index in [0.717, 1.165) is 30.3 Å². The fourth-order valence-corrected chi connectivity index (χ4v) is 2.07. The highest BCUT2D eigenvalue weighted by molar-refractivity contribution is 6.09. The van der Waals surface area contributed by atoms with E-state index in [4.69, 9.17) is 10.00 Å². The smallest absolute Gasteiger partial charge is 0.416 e. The Labute approximate surface area is 146 Å². The minimum absolute atomic E-state index is 0.0963. The van der Waals surface area contributed by atoms with E-state index >= 15 is 0 Å². The van der Waals surface area contributed by atoms with Crippen molar-refractivity contribution in [3.05, 3.63) is 59.2 Å². The largest absolute Gasteiger partial charge is 0.504 e. The molecule has 0 aliphatic carbocycles. The number of nitrogens with zero attached hydrogens (tertiary/aromatic N) is 1. The number of hydrogen-bond acceptors (Lipinski definition) is 4. The van der Waals surface area contributed by atoms with Gasteiger partial charge >= 0.3 is 6.18 Å². The number of rotatable bonds is 4. The quantitative estimate of drug-likeness (QED) is 0.637. The third-order valence-electron chi connectivity index (χ3n) is 3.39. The molecule has 0 spiro atoms. The number of phenolic OH excluding ortho intramolecular Hbond substituents is 1. The highest BCUT2D eigenvalue weighted by Gasteiger charge is 2.30. The van der Waals surface area contributed by atoms with Crippen LogP contribution in [0.15, 0.2) is 48.0 Å². The van der Waals surface area contributed by atoms with Gasteiger partial charge in [0.1, 0.15) is 11.6 Å². The van der Waals surface area contributed by atoms with Gasteiger partial charge in [-0.2, -0.15) is 18.4 Å². The highest BCUT2D eigenvalue weighted by atomic mass is 19.4. The zero-order valence-corrected chi connectivity index (χ0v) is 13.5. The third kappa shape index (κ3) is 4.33. The molecule has 0 bridgehead atoms. The Kier molecular flexibility index (Phi) is 5.52. The van der Waals surface area contributed by atoms with Gasteiger partial charge in [-0.15, -0.1) is 0 Å². The summed E-state index contributed by atoms with van der Waals surface area (Å²) in [5.41, 5.74) is -0.913. The molecule has 5 nitrogen and oxygen atoms in total. The molecule has 0 aromatic heterocycles. The molecule has 0 atom stereocenters. The summed E-state index contributed by atoms with van der Waals surface area (Å²) in [7, 11) is 1.35. The zero-order valence-electron chi connectivity index (χ0n) is 13.5. The molecule has 26 heavy (non-hydrogen) atoms. The number of para-hydroxylation sites is 1. The molecule has 0 heterocycles. The van der Waals surface area contributed by atoms with Crippen molar-refractivity contribution >= 4 is 17.7 Å². The summed E-state index contributed by atoms with van der Waals surface area (Å²) in [6.45, 7) is 0. The van der Waals surface area contributed by atoms with Crippen LogP contribution in [0, 0.1) is 11.3 Å². The van der Waals surface area contributed by atoms with Gasteiger partial charge in [-0.3, -0.25) is 4.79 Å². The second-order valence-corrected chi connectivity index (χ2v) is 5.10. The number of nitrogens with one attached hydrogen (secondary N) is 1. The van der Waals surface area contributed by atoms with Gasteiger partial charge < -0.3 is 15.2 Å². The standard InChI is InChI=1S/C18H13F3N2O3/c1-26-15-4-2-3-11(16(15)24)9-12(10-22)17(25)23-14-7-5-13(6-8-14)18(19,20)21/h2-9,24H,1H3,(H,23,25)/b12-9+. The van der Waals surface area contributed by atoms with Crippen molar-refractivity contribution < 1.29 is 27.8 Å². The minimum Gasteiger partial charge on any atom is -0.504 e. The Bertz CT molecular complexity index is 882. The summed E-state index contributed by atoms with van der Waals surface area (Å²) in [4.78, 5) is 12.2. The fraction of sp³-hybridized carbons (Fsp3) is 0.111. The Morgan fingerprint density at radius 1 is 1.23 bits per heavy atom. The molecular formula is C18H13F3N2O3. The molecule has 2 N–H and O–H groups in total. The lowest BCUT2D eigenvalue weighted by Gasteiger charge is -2.09. The van der Waals surface area contributed by atoms with Gasteiger partial charge in [-0.05, 0) is 36.4 Å². The van der Waals surface area contributed by atoms with Crippen LogP contribution in [0.4, 0.5) is 18.9 Å². The monoisotopic (exact) mass is 362 g/mol. The molecule has 0 aliphatic heterocycles. The Hall–Kier alpha value is -3.47. The first-order valence-corrected chi connectivity index (χ1v) is 7.22. The average Bonchev–Trinajstić information content (AvgIpc) is 2.60. The van der Waals surface area contributed by atoms with Crippen molar-refractivity contribution in [2.24, 2.45) is 0 Å². The summed E-state index contributed by atoms with van der Waals surface area (Å²) >= 11 is 0. The second-order valence-electron chi connectivity index (χ2n) is 5.10. The summed E-state index contributed by atoms with van der Waals surface area (Å²) in [5.74, 6) is -0.904. The van der Waals surface area contributed by atoms with Gasteiger partial charge in [-0.25, -0.2) is 0 Å². The number of halogens is 3. The van der Waals surface area contributed by atoms with Crippen LogP contribution in [0.1, 0.15) is 11.1 Å². The maximum absolute atomic E-state index is 12.5. The SMILES string of the molecule is COc1cccc(/C=C(\C#N)C(=O)Nc2ccc(C(F)(F)F)cc2)c1O. The van der Waals surface area contributed by atoms with Gasteiger partial charge in [0.2, 0.25) is 0 Å². The van der Waals surface area contributed by atoms with Crippen LogP contribution in [0.5, 0.6) is 11.5 Å². The number of methoxy groups -OCH3 is 1. The van der Waals surface area contributed by atoms with Crippen molar-refractivity contribution in [3.63, 3.8) is 0 Å². The topological polar surface area (TPSA) is 82.3 Å². The first kappa shape index (κ1) is 18.9. The van der Waals surface area contributed by atoms with Crippen LogP contribution in [0.25, 0.3) is 6.08 Å². The van der Waals surface area contributed by atoms with Crippen LogP contribution in [-0.2, 0) is 11.0 Å². The van der Waals surface area contributed by atoms with Crippen molar-refractivity contribution in [2.75, 3.05) is 12.4 Å². The van der Waals surface area contributed by atoms with E-state index in [9.17, 15) is 23.1 Å². The number of carbonyl (C=O) groups is 1. The van der Waals surface area contributed by atoms with Crippen LogP contribution >= 0.6 is 0 Å². The van der Waals surface area contributed by atoms with E-state index < -0.39 is 17.6 Å². The minimum atomic E-state index is -4.48. The number of benzene rings is 2. The molecular weight excluding hydrogens is 349 g/mol. The van der Waals surface area contributed by atoms with E-state index in [-0.39, 0.29) is 28.3 Å². The molecule has 0 saturated heterocycles. The third-order valence-corrected chi connectivity index (χ3v) is 3.39. The summed E-state index contributed by atoms with van der Waals surface area (Å²) in [5, 5.41) is 21.5. The van der Waals surface area contributed by atoms with Crippen molar-refractivity contribution in [3.8, 4) is 17.6 Å². The Morgan fingerprint density at radius 3 is 2.42 bits per heavy atom. The Morgan fingerprint density at radius 2 is 1.88 bits per heavy atom. The number of nitriles is 1. The van der Waals surface area contributed by atoms with Crippen molar-refractivity contribution in [1.82, 2.24) is 0 Å². The number of amides is 1.